The number of thiophene rings is 1. The number of H-pyrrole nitrogens is 1. The van der Waals surface area contributed by atoms with Crippen molar-refractivity contribution in [1.82, 2.24) is 19.7 Å². The summed E-state index contributed by atoms with van der Waals surface area (Å²) in [5.41, 5.74) is 0. The Labute approximate surface area is 119 Å². The van der Waals surface area contributed by atoms with Gasteiger partial charge >= 0.3 is 0 Å². The molecular formula is C13H13N5OS. The number of aromatic nitrogens is 4. The zero-order valence-corrected chi connectivity index (χ0v) is 11.4. The maximum atomic E-state index is 11.8. The summed E-state index contributed by atoms with van der Waals surface area (Å²) < 4.78 is 1.95. The molecule has 0 aromatic carbocycles. The van der Waals surface area contributed by atoms with E-state index in [-0.39, 0.29) is 5.91 Å². The molecule has 0 aliphatic rings. The van der Waals surface area contributed by atoms with Gasteiger partial charge in [-0.2, -0.15) is 4.98 Å². The number of hydrogen-bond acceptors (Lipinski definition) is 4. The van der Waals surface area contributed by atoms with Crippen molar-refractivity contribution in [3.8, 4) is 10.7 Å². The van der Waals surface area contributed by atoms with Crippen molar-refractivity contribution in [2.45, 2.75) is 13.0 Å². The molecule has 7 heteroatoms. The molecule has 102 valence electrons. The van der Waals surface area contributed by atoms with Crippen LogP contribution in [0.1, 0.15) is 6.42 Å². The average molecular weight is 287 g/mol. The standard InChI is InChI=1S/C13H13N5OS/c19-11(5-8-18-6-1-2-7-18)14-13-15-12(16-17-13)10-4-3-9-20-10/h1-4,6-7,9H,5,8H2,(H2,14,15,16,17,19). The first-order chi connectivity index (χ1) is 9.81. The smallest absolute Gasteiger partial charge is 0.249 e. The van der Waals surface area contributed by atoms with E-state index >= 15 is 0 Å². The summed E-state index contributed by atoms with van der Waals surface area (Å²) in [4.78, 5) is 17.0. The second-order valence-corrected chi connectivity index (χ2v) is 5.15. The second-order valence-electron chi connectivity index (χ2n) is 4.20. The van der Waals surface area contributed by atoms with E-state index in [4.69, 9.17) is 0 Å². The first-order valence-corrected chi connectivity index (χ1v) is 7.06. The Bertz CT molecular complexity index is 672. The first kappa shape index (κ1) is 12.6. The Kier molecular flexibility index (Phi) is 3.60. The fourth-order valence-electron chi connectivity index (χ4n) is 1.78. The molecular weight excluding hydrogens is 274 g/mol. The lowest BCUT2D eigenvalue weighted by atomic mass is 10.4. The molecule has 3 aromatic rings. The highest BCUT2D eigenvalue weighted by molar-refractivity contribution is 7.13. The molecule has 0 radical (unpaired) electrons. The van der Waals surface area contributed by atoms with Crippen LogP contribution in [0.2, 0.25) is 0 Å². The zero-order chi connectivity index (χ0) is 13.8. The molecule has 0 aliphatic heterocycles. The lowest BCUT2D eigenvalue weighted by Gasteiger charge is -2.02. The third-order valence-electron chi connectivity index (χ3n) is 2.75. The number of aromatic amines is 1. The Morgan fingerprint density at radius 3 is 2.95 bits per heavy atom. The van der Waals surface area contributed by atoms with Crippen molar-refractivity contribution in [1.29, 1.82) is 0 Å². The van der Waals surface area contributed by atoms with Crippen LogP contribution in [0, 0.1) is 0 Å². The summed E-state index contributed by atoms with van der Waals surface area (Å²) >= 11 is 1.57. The van der Waals surface area contributed by atoms with Crippen LogP contribution in [0.4, 0.5) is 5.95 Å². The van der Waals surface area contributed by atoms with Crippen LogP contribution in [0.15, 0.2) is 42.0 Å². The molecule has 3 rings (SSSR count). The third kappa shape index (κ3) is 2.94. The fourth-order valence-corrected chi connectivity index (χ4v) is 2.44. The highest BCUT2D eigenvalue weighted by Crippen LogP contribution is 2.21. The molecule has 0 saturated carbocycles. The molecule has 2 N–H and O–H groups in total. The van der Waals surface area contributed by atoms with E-state index in [1.807, 2.05) is 46.6 Å². The molecule has 0 aliphatic carbocycles. The number of anilines is 1. The highest BCUT2D eigenvalue weighted by Gasteiger charge is 2.09. The van der Waals surface area contributed by atoms with Crippen molar-refractivity contribution in [3.63, 3.8) is 0 Å². The Balaban J connectivity index is 1.56. The van der Waals surface area contributed by atoms with Crippen LogP contribution in [0.5, 0.6) is 0 Å². The summed E-state index contributed by atoms with van der Waals surface area (Å²) in [7, 11) is 0. The summed E-state index contributed by atoms with van der Waals surface area (Å²) in [5.74, 6) is 0.877. The van der Waals surface area contributed by atoms with Crippen LogP contribution >= 0.6 is 11.3 Å². The van der Waals surface area contributed by atoms with E-state index in [1.54, 1.807) is 11.3 Å². The number of nitrogens with zero attached hydrogens (tertiary/aromatic N) is 3. The Morgan fingerprint density at radius 2 is 2.20 bits per heavy atom. The van der Waals surface area contributed by atoms with E-state index < -0.39 is 0 Å². The normalized spacial score (nSPS) is 10.6. The molecule has 1 amide bonds. The Morgan fingerprint density at radius 1 is 1.35 bits per heavy atom. The van der Waals surface area contributed by atoms with Crippen LogP contribution in [0.25, 0.3) is 10.7 Å². The summed E-state index contributed by atoms with van der Waals surface area (Å²) in [6, 6.07) is 7.75. The van der Waals surface area contributed by atoms with Crippen LogP contribution in [0.3, 0.4) is 0 Å². The SMILES string of the molecule is O=C(CCn1cccc1)Nc1n[nH]c(-c2cccs2)n1. The van der Waals surface area contributed by atoms with Gasteiger partial charge in [0.1, 0.15) is 0 Å². The molecule has 6 nitrogen and oxygen atoms in total. The molecule has 3 heterocycles. The van der Waals surface area contributed by atoms with Crippen LogP contribution in [-0.4, -0.2) is 25.7 Å². The number of carbonyl (C=O) groups excluding carboxylic acids is 1. The van der Waals surface area contributed by atoms with Gasteiger partial charge in [0, 0.05) is 25.4 Å². The number of aryl methyl sites for hydroxylation is 1. The quantitative estimate of drug-likeness (QED) is 0.756. The number of rotatable bonds is 5. The average Bonchev–Trinajstić information content (AvgIpc) is 3.18. The van der Waals surface area contributed by atoms with E-state index in [2.05, 4.69) is 20.5 Å². The fraction of sp³-hybridized carbons (Fsp3) is 0.154. The van der Waals surface area contributed by atoms with Gasteiger partial charge in [-0.25, -0.2) is 0 Å². The van der Waals surface area contributed by atoms with Crippen molar-refractivity contribution in [2.75, 3.05) is 5.32 Å². The van der Waals surface area contributed by atoms with E-state index in [0.717, 1.165) is 4.88 Å². The van der Waals surface area contributed by atoms with Crippen molar-refractivity contribution >= 4 is 23.2 Å². The molecule has 0 spiro atoms. The van der Waals surface area contributed by atoms with Gasteiger partial charge in [0.25, 0.3) is 0 Å². The van der Waals surface area contributed by atoms with Gasteiger partial charge in [0.15, 0.2) is 5.82 Å². The molecule has 0 atom stereocenters. The van der Waals surface area contributed by atoms with Crippen molar-refractivity contribution in [3.05, 3.63) is 42.0 Å². The van der Waals surface area contributed by atoms with Gasteiger partial charge in [-0.1, -0.05) is 6.07 Å². The molecule has 0 unspecified atom stereocenters. The van der Waals surface area contributed by atoms with Gasteiger partial charge in [0.05, 0.1) is 4.88 Å². The number of nitrogens with one attached hydrogen (secondary N) is 2. The predicted molar refractivity (Wildman–Crippen MR) is 77.4 cm³/mol. The van der Waals surface area contributed by atoms with Crippen LogP contribution in [-0.2, 0) is 11.3 Å². The summed E-state index contributed by atoms with van der Waals surface area (Å²) in [6.07, 6.45) is 4.24. The van der Waals surface area contributed by atoms with E-state index in [1.165, 1.54) is 0 Å². The second kappa shape index (κ2) is 5.70. The van der Waals surface area contributed by atoms with Gasteiger partial charge in [0.2, 0.25) is 11.9 Å². The van der Waals surface area contributed by atoms with Gasteiger partial charge in [-0.05, 0) is 23.6 Å². The monoisotopic (exact) mass is 287 g/mol. The minimum Gasteiger partial charge on any atom is -0.354 e. The maximum Gasteiger partial charge on any atom is 0.249 e. The first-order valence-electron chi connectivity index (χ1n) is 6.18. The minimum absolute atomic E-state index is 0.101. The Hall–Kier alpha value is -2.41. The van der Waals surface area contributed by atoms with Crippen molar-refractivity contribution < 1.29 is 4.79 Å². The van der Waals surface area contributed by atoms with Gasteiger partial charge in [-0.15, -0.1) is 16.4 Å². The summed E-state index contributed by atoms with van der Waals surface area (Å²) in [5, 5.41) is 11.5. The number of amides is 1. The molecule has 0 bridgehead atoms. The number of carbonyl (C=O) groups is 1. The number of hydrogen-bond donors (Lipinski definition) is 2. The minimum atomic E-state index is -0.101. The molecule has 0 saturated heterocycles. The van der Waals surface area contributed by atoms with E-state index in [0.29, 0.717) is 24.7 Å². The lowest BCUT2D eigenvalue weighted by Crippen LogP contribution is -2.14. The maximum absolute atomic E-state index is 11.8. The lowest BCUT2D eigenvalue weighted by molar-refractivity contribution is -0.116. The van der Waals surface area contributed by atoms with Crippen LogP contribution < -0.4 is 5.32 Å². The molecule has 20 heavy (non-hydrogen) atoms. The van der Waals surface area contributed by atoms with E-state index in [9.17, 15) is 4.79 Å². The zero-order valence-electron chi connectivity index (χ0n) is 10.6. The van der Waals surface area contributed by atoms with Gasteiger partial charge in [-0.3, -0.25) is 15.2 Å². The van der Waals surface area contributed by atoms with Gasteiger partial charge < -0.3 is 4.57 Å². The molecule has 3 aromatic heterocycles. The third-order valence-corrected chi connectivity index (χ3v) is 3.63. The highest BCUT2D eigenvalue weighted by atomic mass is 32.1. The predicted octanol–water partition coefficient (Wildman–Crippen LogP) is 2.36. The van der Waals surface area contributed by atoms with Crippen molar-refractivity contribution in [2.24, 2.45) is 0 Å². The topological polar surface area (TPSA) is 75.6 Å². The largest absolute Gasteiger partial charge is 0.354 e. The summed E-state index contributed by atoms with van der Waals surface area (Å²) in [6.45, 7) is 0.640. The molecule has 0 fully saturated rings.